The van der Waals surface area contributed by atoms with Crippen molar-refractivity contribution in [3.63, 3.8) is 0 Å². The molecule has 120 valence electrons. The van der Waals surface area contributed by atoms with E-state index in [0.717, 1.165) is 12.8 Å². The third-order valence-electron chi connectivity index (χ3n) is 4.04. The van der Waals surface area contributed by atoms with Crippen molar-refractivity contribution in [1.29, 1.82) is 0 Å². The number of nitrogens with two attached hydrogens (primary N) is 1. The lowest BCUT2D eigenvalue weighted by Gasteiger charge is -2.24. The van der Waals surface area contributed by atoms with Crippen LogP contribution >= 0.6 is 11.8 Å². The molecule has 20 heavy (non-hydrogen) atoms. The van der Waals surface area contributed by atoms with E-state index in [9.17, 15) is 8.42 Å². The Kier molecular flexibility index (Phi) is 9.21. The molecule has 0 aromatic carbocycles. The van der Waals surface area contributed by atoms with Crippen molar-refractivity contribution in [1.82, 2.24) is 0 Å². The van der Waals surface area contributed by atoms with Gasteiger partial charge >= 0.3 is 0 Å². The summed E-state index contributed by atoms with van der Waals surface area (Å²) in [6.45, 7) is 0. The smallest absolute Gasteiger partial charge is 0.148 e. The van der Waals surface area contributed by atoms with Gasteiger partial charge in [0.15, 0.2) is 0 Å². The fourth-order valence-corrected chi connectivity index (χ4v) is 5.36. The Labute approximate surface area is 129 Å². The van der Waals surface area contributed by atoms with Crippen molar-refractivity contribution in [3.05, 3.63) is 0 Å². The van der Waals surface area contributed by atoms with Crippen molar-refractivity contribution in [2.75, 3.05) is 17.8 Å². The van der Waals surface area contributed by atoms with Crippen LogP contribution in [0.2, 0.25) is 0 Å². The average Bonchev–Trinajstić information content (AvgIpc) is 2.35. The van der Waals surface area contributed by atoms with Crippen LogP contribution in [0.4, 0.5) is 0 Å². The van der Waals surface area contributed by atoms with Crippen LogP contribution in [0, 0.1) is 0 Å². The van der Waals surface area contributed by atoms with Crippen LogP contribution in [0.25, 0.3) is 0 Å². The Bertz CT molecular complexity index is 344. The molecule has 1 fully saturated rings. The number of sulfone groups is 1. The van der Waals surface area contributed by atoms with Gasteiger partial charge in [-0.15, -0.1) is 0 Å². The highest BCUT2D eigenvalue weighted by Gasteiger charge is 2.18. The molecule has 0 aliphatic heterocycles. The molecule has 0 amide bonds. The molecule has 0 heterocycles. The molecule has 0 spiro atoms. The van der Waals surface area contributed by atoms with Gasteiger partial charge in [-0.2, -0.15) is 11.8 Å². The van der Waals surface area contributed by atoms with E-state index in [2.05, 4.69) is 0 Å². The lowest BCUT2D eigenvalue weighted by Crippen LogP contribution is -2.33. The zero-order valence-corrected chi connectivity index (χ0v) is 14.5. The van der Waals surface area contributed by atoms with Gasteiger partial charge in [0.25, 0.3) is 0 Å². The molecule has 0 aromatic heterocycles. The minimum Gasteiger partial charge on any atom is -0.327 e. The van der Waals surface area contributed by atoms with Gasteiger partial charge in [-0.05, 0) is 12.8 Å². The first-order valence-electron chi connectivity index (χ1n) is 8.04. The second-order valence-electron chi connectivity index (χ2n) is 6.11. The van der Waals surface area contributed by atoms with Crippen molar-refractivity contribution in [2.24, 2.45) is 5.73 Å². The topological polar surface area (TPSA) is 60.2 Å². The Morgan fingerprint density at radius 1 is 0.950 bits per heavy atom. The van der Waals surface area contributed by atoms with E-state index in [1.165, 1.54) is 57.6 Å². The van der Waals surface area contributed by atoms with Gasteiger partial charge in [0.05, 0.1) is 5.75 Å². The third kappa shape index (κ3) is 9.24. The Hall–Kier alpha value is 0.260. The van der Waals surface area contributed by atoms with Gasteiger partial charge in [0, 0.05) is 23.3 Å². The van der Waals surface area contributed by atoms with Gasteiger partial charge in [-0.25, -0.2) is 8.42 Å². The summed E-state index contributed by atoms with van der Waals surface area (Å²) >= 11 is 1.78. The van der Waals surface area contributed by atoms with Crippen LogP contribution in [0.15, 0.2) is 0 Å². The van der Waals surface area contributed by atoms with Crippen molar-refractivity contribution in [3.8, 4) is 0 Å². The molecule has 0 saturated heterocycles. The molecule has 5 heteroatoms. The van der Waals surface area contributed by atoms with Gasteiger partial charge in [-0.3, -0.25) is 0 Å². The second kappa shape index (κ2) is 10.1. The summed E-state index contributed by atoms with van der Waals surface area (Å²) in [5.41, 5.74) is 6.34. The van der Waals surface area contributed by atoms with E-state index in [1.807, 2.05) is 0 Å². The fourth-order valence-electron chi connectivity index (χ4n) is 2.74. The first-order chi connectivity index (χ1) is 9.49. The molecule has 0 radical (unpaired) electrons. The first kappa shape index (κ1) is 18.3. The summed E-state index contributed by atoms with van der Waals surface area (Å²) in [7, 11) is -2.84. The van der Waals surface area contributed by atoms with Crippen molar-refractivity contribution < 1.29 is 8.42 Å². The largest absolute Gasteiger partial charge is 0.327 e. The van der Waals surface area contributed by atoms with Gasteiger partial charge in [0.1, 0.15) is 9.84 Å². The maximum absolute atomic E-state index is 11.2. The molecule has 3 nitrogen and oxygen atoms in total. The first-order valence-corrected chi connectivity index (χ1v) is 11.1. The van der Waals surface area contributed by atoms with E-state index in [4.69, 9.17) is 5.73 Å². The standard InChI is InChI=1S/C15H31NO2S2/c1-20(17,18)13-12-19-15-11-9-7-5-3-2-4-6-8-10-14(15)16/h14-15H,2-13,16H2,1H3. The van der Waals surface area contributed by atoms with E-state index >= 15 is 0 Å². The lowest BCUT2D eigenvalue weighted by molar-refractivity contribution is 0.473. The van der Waals surface area contributed by atoms with Crippen LogP contribution in [0.3, 0.4) is 0 Å². The van der Waals surface area contributed by atoms with Crippen LogP contribution in [-0.4, -0.2) is 37.5 Å². The highest BCUT2D eigenvalue weighted by Crippen LogP contribution is 2.25. The fraction of sp³-hybridized carbons (Fsp3) is 1.00. The summed E-state index contributed by atoms with van der Waals surface area (Å²) < 4.78 is 22.4. The molecular weight excluding hydrogens is 290 g/mol. The van der Waals surface area contributed by atoms with Crippen molar-refractivity contribution >= 4 is 21.6 Å². The summed E-state index contributed by atoms with van der Waals surface area (Å²) in [4.78, 5) is 0. The minimum absolute atomic E-state index is 0.235. The zero-order valence-electron chi connectivity index (χ0n) is 12.9. The van der Waals surface area contributed by atoms with Crippen LogP contribution in [0.5, 0.6) is 0 Å². The van der Waals surface area contributed by atoms with E-state index in [0.29, 0.717) is 11.0 Å². The van der Waals surface area contributed by atoms with Gasteiger partial charge in [-0.1, -0.05) is 51.4 Å². The summed E-state index contributed by atoms with van der Waals surface area (Å²) in [5.74, 6) is 0.970. The van der Waals surface area contributed by atoms with Gasteiger partial charge < -0.3 is 5.73 Å². The van der Waals surface area contributed by atoms with E-state index in [-0.39, 0.29) is 11.8 Å². The van der Waals surface area contributed by atoms with Crippen LogP contribution in [0.1, 0.15) is 64.2 Å². The molecule has 1 rings (SSSR count). The van der Waals surface area contributed by atoms with Gasteiger partial charge in [0.2, 0.25) is 0 Å². The molecule has 2 N–H and O–H groups in total. The highest BCUT2D eigenvalue weighted by atomic mass is 32.2. The molecule has 2 unspecified atom stereocenters. The summed E-state index contributed by atoms with van der Waals surface area (Å²) in [5, 5.41) is 0.441. The monoisotopic (exact) mass is 321 g/mol. The van der Waals surface area contributed by atoms with Crippen molar-refractivity contribution in [2.45, 2.75) is 75.5 Å². The predicted molar refractivity (Wildman–Crippen MR) is 90.1 cm³/mol. The number of hydrogen-bond donors (Lipinski definition) is 1. The third-order valence-corrected chi connectivity index (χ3v) is 6.70. The molecule has 1 aliphatic rings. The SMILES string of the molecule is CS(=O)(=O)CCSC1CCCCCCCCCCC1N. The average molecular weight is 322 g/mol. The molecule has 0 bridgehead atoms. The Morgan fingerprint density at radius 2 is 1.45 bits per heavy atom. The lowest BCUT2D eigenvalue weighted by atomic mass is 9.98. The maximum atomic E-state index is 11.2. The Balaban J connectivity index is 2.40. The maximum Gasteiger partial charge on any atom is 0.148 e. The summed E-state index contributed by atoms with van der Waals surface area (Å²) in [6.07, 6.45) is 14.1. The number of thioether (sulfide) groups is 1. The predicted octanol–water partition coefficient (Wildman–Crippen LogP) is 3.37. The Morgan fingerprint density at radius 3 is 2.00 bits per heavy atom. The molecule has 2 atom stereocenters. The minimum atomic E-state index is -2.84. The van der Waals surface area contributed by atoms with Crippen LogP contribution < -0.4 is 5.73 Å². The van der Waals surface area contributed by atoms with Crippen LogP contribution in [-0.2, 0) is 9.84 Å². The van der Waals surface area contributed by atoms with E-state index in [1.54, 1.807) is 11.8 Å². The molecule has 1 aliphatic carbocycles. The quantitative estimate of drug-likeness (QED) is 0.862. The molecule has 1 saturated carbocycles. The number of hydrogen-bond acceptors (Lipinski definition) is 4. The number of rotatable bonds is 4. The summed E-state index contributed by atoms with van der Waals surface area (Å²) in [6, 6.07) is 0.235. The highest BCUT2D eigenvalue weighted by molar-refractivity contribution is 8.01. The normalized spacial score (nSPS) is 27.5. The molecule has 0 aromatic rings. The molecular formula is C15H31NO2S2. The zero-order chi connectivity index (χ0) is 14.8. The second-order valence-corrected chi connectivity index (χ2v) is 9.72. The van der Waals surface area contributed by atoms with E-state index < -0.39 is 9.84 Å².